The molecule has 2 unspecified atom stereocenters. The normalized spacial score (nSPS) is 14.8. The second-order valence-electron chi connectivity index (χ2n) is 3.90. The van der Waals surface area contributed by atoms with Gasteiger partial charge in [-0.1, -0.05) is 12.1 Å². The third kappa shape index (κ3) is 3.89. The Hall–Kier alpha value is -0.970. The summed E-state index contributed by atoms with van der Waals surface area (Å²) in [5, 5.41) is 0. The minimum atomic E-state index is -0.238. The van der Waals surface area contributed by atoms with Crippen molar-refractivity contribution in [2.24, 2.45) is 5.84 Å². The molecule has 2 atom stereocenters. The average molecular weight is 226 g/mol. The number of methoxy groups -OCH3 is 1. The van der Waals surface area contributed by atoms with Crippen LogP contribution in [0, 0.1) is 5.82 Å². The van der Waals surface area contributed by atoms with Crippen molar-refractivity contribution in [1.29, 1.82) is 0 Å². The number of hydrogen-bond acceptors (Lipinski definition) is 3. The molecule has 4 heteroatoms. The number of benzene rings is 1. The highest BCUT2D eigenvalue weighted by Crippen LogP contribution is 2.19. The molecule has 90 valence electrons. The number of nitrogens with two attached hydrogens (primary N) is 1. The first kappa shape index (κ1) is 13.1. The van der Waals surface area contributed by atoms with Crippen LogP contribution < -0.4 is 11.3 Å². The van der Waals surface area contributed by atoms with Crippen molar-refractivity contribution in [2.45, 2.75) is 31.9 Å². The van der Waals surface area contributed by atoms with Crippen molar-refractivity contribution in [3.05, 3.63) is 35.6 Å². The maximum atomic E-state index is 13.0. The second-order valence-corrected chi connectivity index (χ2v) is 3.90. The second kappa shape index (κ2) is 6.58. The van der Waals surface area contributed by atoms with Gasteiger partial charge in [-0.05, 0) is 37.5 Å². The van der Waals surface area contributed by atoms with Crippen LogP contribution in [0.3, 0.4) is 0 Å². The molecule has 1 aromatic rings. The Kier molecular flexibility index (Phi) is 5.38. The molecule has 0 amide bonds. The van der Waals surface area contributed by atoms with Crippen molar-refractivity contribution >= 4 is 0 Å². The van der Waals surface area contributed by atoms with Crippen LogP contribution in [0.15, 0.2) is 24.3 Å². The molecule has 0 aliphatic carbocycles. The Balaban J connectivity index is 2.60. The standard InChI is InChI=1S/C12H19FN2O/c1-9(16-2)6-7-12(15-14)10-4-3-5-11(13)8-10/h3-5,8-9,12,15H,6-7,14H2,1-2H3. The highest BCUT2D eigenvalue weighted by Gasteiger charge is 2.11. The summed E-state index contributed by atoms with van der Waals surface area (Å²) in [6.07, 6.45) is 1.88. The maximum Gasteiger partial charge on any atom is 0.123 e. The van der Waals surface area contributed by atoms with Crippen LogP contribution in [-0.4, -0.2) is 13.2 Å². The fourth-order valence-corrected chi connectivity index (χ4v) is 1.59. The van der Waals surface area contributed by atoms with Gasteiger partial charge in [0, 0.05) is 13.2 Å². The Bertz CT molecular complexity index is 320. The number of ether oxygens (including phenoxy) is 1. The fourth-order valence-electron chi connectivity index (χ4n) is 1.59. The van der Waals surface area contributed by atoms with Gasteiger partial charge in [-0.3, -0.25) is 11.3 Å². The van der Waals surface area contributed by atoms with E-state index < -0.39 is 0 Å². The molecular formula is C12H19FN2O. The van der Waals surface area contributed by atoms with E-state index in [1.54, 1.807) is 13.2 Å². The van der Waals surface area contributed by atoms with E-state index in [0.717, 1.165) is 18.4 Å². The molecule has 16 heavy (non-hydrogen) atoms. The van der Waals surface area contributed by atoms with Gasteiger partial charge in [0.1, 0.15) is 5.82 Å². The first-order chi connectivity index (χ1) is 7.67. The molecular weight excluding hydrogens is 207 g/mol. The van der Waals surface area contributed by atoms with Crippen LogP contribution in [0.25, 0.3) is 0 Å². The molecule has 0 aromatic heterocycles. The first-order valence-corrected chi connectivity index (χ1v) is 5.41. The van der Waals surface area contributed by atoms with Crippen molar-refractivity contribution in [3.8, 4) is 0 Å². The Morgan fingerprint density at radius 1 is 1.44 bits per heavy atom. The largest absolute Gasteiger partial charge is 0.382 e. The van der Waals surface area contributed by atoms with Crippen LogP contribution in [0.1, 0.15) is 31.4 Å². The van der Waals surface area contributed by atoms with Gasteiger partial charge in [0.2, 0.25) is 0 Å². The Morgan fingerprint density at radius 2 is 2.19 bits per heavy atom. The van der Waals surface area contributed by atoms with E-state index in [1.165, 1.54) is 12.1 Å². The van der Waals surface area contributed by atoms with Crippen molar-refractivity contribution in [2.75, 3.05) is 7.11 Å². The van der Waals surface area contributed by atoms with Gasteiger partial charge >= 0.3 is 0 Å². The highest BCUT2D eigenvalue weighted by molar-refractivity contribution is 5.19. The SMILES string of the molecule is COC(C)CCC(NN)c1cccc(F)c1. The Labute approximate surface area is 95.8 Å². The van der Waals surface area contributed by atoms with E-state index in [2.05, 4.69) is 5.43 Å². The molecule has 0 fully saturated rings. The molecule has 0 radical (unpaired) electrons. The fraction of sp³-hybridized carbons (Fsp3) is 0.500. The molecule has 1 rings (SSSR count). The summed E-state index contributed by atoms with van der Waals surface area (Å²) >= 11 is 0. The maximum absolute atomic E-state index is 13.0. The summed E-state index contributed by atoms with van der Waals surface area (Å²) in [5.41, 5.74) is 3.57. The van der Waals surface area contributed by atoms with Crippen molar-refractivity contribution in [1.82, 2.24) is 5.43 Å². The minimum absolute atomic E-state index is 0.0340. The Morgan fingerprint density at radius 3 is 2.75 bits per heavy atom. The molecule has 0 bridgehead atoms. The third-order valence-electron chi connectivity index (χ3n) is 2.72. The summed E-state index contributed by atoms with van der Waals surface area (Å²) in [4.78, 5) is 0. The number of halogens is 1. The zero-order valence-electron chi connectivity index (χ0n) is 9.74. The van der Waals surface area contributed by atoms with Gasteiger partial charge < -0.3 is 4.74 Å². The lowest BCUT2D eigenvalue weighted by atomic mass is 10.0. The molecule has 0 heterocycles. The number of hydrazine groups is 1. The van der Waals surface area contributed by atoms with E-state index in [4.69, 9.17) is 10.6 Å². The predicted octanol–water partition coefficient (Wildman–Crippen LogP) is 2.15. The zero-order chi connectivity index (χ0) is 12.0. The zero-order valence-corrected chi connectivity index (χ0v) is 9.74. The van der Waals surface area contributed by atoms with E-state index >= 15 is 0 Å². The van der Waals surface area contributed by atoms with E-state index in [9.17, 15) is 4.39 Å². The number of nitrogens with one attached hydrogen (secondary N) is 1. The van der Waals surface area contributed by atoms with Gasteiger partial charge in [0.15, 0.2) is 0 Å². The van der Waals surface area contributed by atoms with Crippen LogP contribution in [-0.2, 0) is 4.74 Å². The molecule has 0 aliphatic rings. The van der Waals surface area contributed by atoms with Crippen LogP contribution in [0.4, 0.5) is 4.39 Å². The molecule has 0 saturated heterocycles. The lowest BCUT2D eigenvalue weighted by Crippen LogP contribution is -2.28. The average Bonchev–Trinajstić information content (AvgIpc) is 2.29. The summed E-state index contributed by atoms with van der Waals surface area (Å²) in [5.74, 6) is 5.23. The summed E-state index contributed by atoms with van der Waals surface area (Å²) in [6.45, 7) is 2.00. The highest BCUT2D eigenvalue weighted by atomic mass is 19.1. The van der Waals surface area contributed by atoms with Gasteiger partial charge in [0.25, 0.3) is 0 Å². The molecule has 0 saturated carbocycles. The lowest BCUT2D eigenvalue weighted by Gasteiger charge is -2.18. The van der Waals surface area contributed by atoms with Gasteiger partial charge in [-0.2, -0.15) is 0 Å². The molecule has 0 spiro atoms. The summed E-state index contributed by atoms with van der Waals surface area (Å²) < 4.78 is 18.2. The molecule has 3 nitrogen and oxygen atoms in total. The lowest BCUT2D eigenvalue weighted by molar-refractivity contribution is 0.106. The van der Waals surface area contributed by atoms with Crippen LogP contribution >= 0.6 is 0 Å². The van der Waals surface area contributed by atoms with Crippen molar-refractivity contribution < 1.29 is 9.13 Å². The van der Waals surface area contributed by atoms with Crippen LogP contribution in [0.5, 0.6) is 0 Å². The predicted molar refractivity (Wildman–Crippen MR) is 62.2 cm³/mol. The number of hydrogen-bond donors (Lipinski definition) is 2. The van der Waals surface area contributed by atoms with Gasteiger partial charge in [0.05, 0.1) is 6.10 Å². The van der Waals surface area contributed by atoms with Gasteiger partial charge in [-0.25, -0.2) is 4.39 Å². The topological polar surface area (TPSA) is 47.3 Å². The third-order valence-corrected chi connectivity index (χ3v) is 2.72. The molecule has 1 aromatic carbocycles. The minimum Gasteiger partial charge on any atom is -0.382 e. The van der Waals surface area contributed by atoms with E-state index in [-0.39, 0.29) is 18.0 Å². The number of rotatable bonds is 6. The van der Waals surface area contributed by atoms with E-state index in [1.807, 2.05) is 13.0 Å². The van der Waals surface area contributed by atoms with E-state index in [0.29, 0.717) is 0 Å². The monoisotopic (exact) mass is 226 g/mol. The quantitative estimate of drug-likeness (QED) is 0.577. The first-order valence-electron chi connectivity index (χ1n) is 5.41. The summed E-state index contributed by atoms with van der Waals surface area (Å²) in [7, 11) is 1.68. The summed E-state index contributed by atoms with van der Waals surface area (Å²) in [6, 6.07) is 6.45. The van der Waals surface area contributed by atoms with Gasteiger partial charge in [-0.15, -0.1) is 0 Å². The van der Waals surface area contributed by atoms with Crippen molar-refractivity contribution in [3.63, 3.8) is 0 Å². The molecule has 0 aliphatic heterocycles. The van der Waals surface area contributed by atoms with Crippen LogP contribution in [0.2, 0.25) is 0 Å². The smallest absolute Gasteiger partial charge is 0.123 e. The molecule has 3 N–H and O–H groups in total.